The molecular formula is C4H7N3O. The third kappa shape index (κ3) is 0.641. The molecule has 0 spiro atoms. The highest BCUT2D eigenvalue weighted by molar-refractivity contribution is 6.02. The van der Waals surface area contributed by atoms with Gasteiger partial charge >= 0.3 is 0 Å². The molecule has 4 heteroatoms. The van der Waals surface area contributed by atoms with E-state index in [9.17, 15) is 4.79 Å². The predicted molar refractivity (Wildman–Crippen MR) is 28.5 cm³/mol. The average Bonchev–Trinajstić information content (AvgIpc) is 2.24. The topological polar surface area (TPSA) is 56.2 Å². The predicted octanol–water partition coefficient (Wildman–Crippen LogP) is -1.02. The summed E-state index contributed by atoms with van der Waals surface area (Å²) in [4.78, 5) is 11.2. The number of rotatable bonds is 0. The van der Waals surface area contributed by atoms with Gasteiger partial charge in [-0.25, -0.2) is 0 Å². The first-order valence-electron chi connectivity index (χ1n) is 5.19. The minimum Gasteiger partial charge on any atom is -0.337 e. The van der Waals surface area contributed by atoms with Gasteiger partial charge in [0, 0.05) is 11.1 Å². The van der Waals surface area contributed by atoms with Gasteiger partial charge in [0.25, 0.3) is 0 Å². The fraction of sp³-hybridized carbons (Fsp3) is 0.500. The first-order valence-corrected chi connectivity index (χ1v) is 1.80. The summed E-state index contributed by atoms with van der Waals surface area (Å²) in [6, 6.07) is 0. The maximum absolute atomic E-state index is 11.2. The third-order valence-corrected chi connectivity index (χ3v) is 0.609. The molecule has 1 saturated heterocycles. The Labute approximate surface area is 56.9 Å². The molecule has 0 unspecified atom stereocenters. The number of guanidine groups is 1. The second-order valence-electron chi connectivity index (χ2n) is 1.16. The van der Waals surface area contributed by atoms with Gasteiger partial charge in [0.1, 0.15) is 0 Å². The van der Waals surface area contributed by atoms with Crippen LogP contribution >= 0.6 is 0 Å². The van der Waals surface area contributed by atoms with E-state index in [0.29, 0.717) is 0 Å². The molecule has 0 aromatic carbocycles. The summed E-state index contributed by atoms with van der Waals surface area (Å²) >= 11 is 0. The smallest absolute Gasteiger partial charge is 0.246 e. The number of nitrogens with zero attached hydrogens (tertiary/aromatic N) is 1. The summed E-state index contributed by atoms with van der Waals surface area (Å²) in [5, 5.41) is 2.63. The van der Waals surface area contributed by atoms with Crippen LogP contribution in [0, 0.1) is 5.40 Å². The van der Waals surface area contributed by atoms with Gasteiger partial charge in [-0.05, 0) is 0 Å². The Morgan fingerprint density at radius 3 is 3.88 bits per heavy atom. The number of likely N-dealkylation sites (N-methyl/N-ethyl adjacent to an activating group) is 1. The van der Waals surface area contributed by atoms with Crippen LogP contribution in [0.1, 0.15) is 6.85 Å². The molecule has 1 amide bonds. The van der Waals surface area contributed by atoms with E-state index in [0.717, 1.165) is 0 Å². The fourth-order valence-corrected chi connectivity index (χ4v) is 0.311. The van der Waals surface area contributed by atoms with Gasteiger partial charge in [-0.15, -0.1) is 0 Å². The van der Waals surface area contributed by atoms with E-state index in [1.165, 1.54) is 0 Å². The van der Waals surface area contributed by atoms with Gasteiger partial charge in [-0.2, -0.15) is 0 Å². The normalized spacial score (nSPS) is 46.2. The molecule has 2 N–H and O–H groups in total. The lowest BCUT2D eigenvalue weighted by Gasteiger charge is -2.03. The van der Waals surface area contributed by atoms with Crippen LogP contribution in [0.25, 0.3) is 0 Å². The molecule has 44 valence electrons. The van der Waals surface area contributed by atoms with Crippen LogP contribution in [0.3, 0.4) is 0 Å². The lowest BCUT2D eigenvalue weighted by atomic mass is 10.6. The molecule has 1 fully saturated rings. The summed E-state index contributed by atoms with van der Waals surface area (Å²) in [6.45, 7) is -5.86. The molecular weight excluding hydrogens is 106 g/mol. The molecule has 0 aliphatic carbocycles. The maximum Gasteiger partial charge on any atom is 0.246 e. The monoisotopic (exact) mass is 127 g/mol. The van der Waals surface area contributed by atoms with Crippen molar-refractivity contribution in [2.45, 2.75) is 0 Å². The van der Waals surface area contributed by atoms with E-state index in [2.05, 4.69) is 5.40 Å². The highest BCUT2D eigenvalue weighted by Crippen LogP contribution is 1.89. The fourth-order valence-electron chi connectivity index (χ4n) is 0.311. The molecule has 1 aliphatic heterocycles. The molecule has 1 aliphatic rings. The van der Waals surface area contributed by atoms with E-state index in [-0.39, 0.29) is 10.2 Å². The molecule has 0 saturated carbocycles. The molecule has 0 aromatic rings. The van der Waals surface area contributed by atoms with Crippen molar-refractivity contribution >= 4 is 11.9 Å². The van der Waals surface area contributed by atoms with Crippen molar-refractivity contribution in [3.63, 3.8) is 0 Å². The van der Waals surface area contributed by atoms with Gasteiger partial charge in [-0.3, -0.25) is 15.5 Å². The summed E-state index contributed by atoms with van der Waals surface area (Å²) < 4.78 is 49.1. The molecule has 8 heavy (non-hydrogen) atoms. The van der Waals surface area contributed by atoms with Crippen molar-refractivity contribution in [3.05, 3.63) is 0 Å². The first kappa shape index (κ1) is 1.26. The van der Waals surface area contributed by atoms with E-state index >= 15 is 0 Å². The average molecular weight is 127 g/mol. The van der Waals surface area contributed by atoms with Crippen molar-refractivity contribution in [3.8, 4) is 0 Å². The Hall–Kier alpha value is -1.06. The number of amides is 1. The Morgan fingerprint density at radius 2 is 3.38 bits per heavy atom. The Morgan fingerprint density at radius 1 is 2.50 bits per heavy atom. The Kier molecular flexibility index (Phi) is 0.231. The van der Waals surface area contributed by atoms with Crippen LogP contribution in [0.15, 0.2) is 0 Å². The zero-order valence-electron chi connectivity index (χ0n) is 10.7. The number of hydrogen-bond acceptors (Lipinski definition) is 2. The largest absolute Gasteiger partial charge is 0.337 e. The molecule has 0 bridgehead atoms. The molecule has 1 heterocycles. The molecule has 0 radical (unpaired) electrons. The number of carbonyl (C=O) groups is 1. The molecule has 4 nitrogen and oxygen atoms in total. The van der Waals surface area contributed by atoms with E-state index in [4.69, 9.17) is 9.68 Å². The SMILES string of the molecule is [3H]N=C1N([3H])C(=O)C([3H])([3H])N1C([3H])([3H])[3H]. The van der Waals surface area contributed by atoms with Crippen LogP contribution in [0.4, 0.5) is 0 Å². The van der Waals surface area contributed by atoms with Crippen molar-refractivity contribution < 1.29 is 14.5 Å². The molecule has 1 rings (SSSR count). The Balaban J connectivity index is 3.29. The standard InChI is InChI=1S/C4H7N3O/c1-7-2-3(8)6-4(7)5/h2H2,1H3,(H2,5,6,8)/i1T3,2T2/hT2. The van der Waals surface area contributed by atoms with Crippen LogP contribution in [-0.2, 0) is 4.79 Å². The van der Waals surface area contributed by atoms with Crippen molar-refractivity contribution in [1.82, 2.24) is 10.2 Å². The number of hydrogen-bond donors (Lipinski definition) is 2. The summed E-state index contributed by atoms with van der Waals surface area (Å²) in [5.41, 5.74) is 0. The van der Waals surface area contributed by atoms with Crippen LogP contribution in [-0.4, -0.2) is 30.2 Å². The van der Waals surface area contributed by atoms with Crippen LogP contribution in [0.2, 0.25) is 2.82 Å². The molecule has 0 aromatic heterocycles. The van der Waals surface area contributed by atoms with Crippen molar-refractivity contribution in [2.75, 3.05) is 13.5 Å². The van der Waals surface area contributed by atoms with E-state index in [1.54, 1.807) is 0 Å². The summed E-state index contributed by atoms with van der Waals surface area (Å²) in [7, 11) is 0. The zero-order valence-corrected chi connectivity index (χ0v) is 3.75. The summed E-state index contributed by atoms with van der Waals surface area (Å²) in [6.07, 6.45) is 0. The van der Waals surface area contributed by atoms with Crippen molar-refractivity contribution in [1.29, 1.82) is 5.40 Å². The van der Waals surface area contributed by atoms with E-state index in [1.807, 2.05) is 0 Å². The third-order valence-electron chi connectivity index (χ3n) is 0.609. The van der Waals surface area contributed by atoms with Gasteiger partial charge in [0.05, 0.1) is 9.24 Å². The minimum atomic E-state index is -2.98. The molecule has 0 atom stereocenters. The second kappa shape index (κ2) is 1.47. The van der Waals surface area contributed by atoms with Crippen LogP contribution in [0.5, 0.6) is 0 Å². The lowest BCUT2D eigenvalue weighted by Crippen LogP contribution is -2.25. The summed E-state index contributed by atoms with van der Waals surface area (Å²) in [5.74, 6) is -2.24. The first-order chi connectivity index (χ1) is 6.64. The lowest BCUT2D eigenvalue weighted by molar-refractivity contribution is -0.118. The second-order valence-corrected chi connectivity index (χ2v) is 1.16. The van der Waals surface area contributed by atoms with Gasteiger partial charge in [-0.1, -0.05) is 0 Å². The maximum atomic E-state index is 11.2. The zero-order chi connectivity index (χ0) is 12.0. The quantitative estimate of drug-likeness (QED) is 0.438. The number of nitrogens with one attached hydrogen (secondary N) is 2. The highest BCUT2D eigenvalue weighted by Gasteiger charge is 2.18. The van der Waals surface area contributed by atoms with Gasteiger partial charge in [0.2, 0.25) is 5.91 Å². The van der Waals surface area contributed by atoms with Crippen molar-refractivity contribution in [2.24, 2.45) is 0 Å². The Bertz CT molecular complexity index is 323. The number of carbonyl (C=O) groups excluding carboxylic acids is 1. The van der Waals surface area contributed by atoms with Gasteiger partial charge in [0.15, 0.2) is 8.78 Å². The highest BCUT2D eigenvalue weighted by atomic mass is 16.2. The van der Waals surface area contributed by atoms with Crippen LogP contribution < -0.4 is 5.31 Å². The van der Waals surface area contributed by atoms with E-state index < -0.39 is 25.3 Å². The minimum absolute atomic E-state index is 0.0301. The van der Waals surface area contributed by atoms with Gasteiger partial charge < -0.3 is 4.90 Å².